The highest BCUT2D eigenvalue weighted by Gasteiger charge is 2.22. The molecule has 0 bridgehead atoms. The summed E-state index contributed by atoms with van der Waals surface area (Å²) in [7, 11) is 0. The molecule has 6 heteroatoms. The van der Waals surface area contributed by atoms with Crippen molar-refractivity contribution in [3.05, 3.63) is 71.2 Å². The molecule has 0 aromatic heterocycles. The Morgan fingerprint density at radius 2 is 1.73 bits per heavy atom. The third-order valence-electron chi connectivity index (χ3n) is 3.89. The summed E-state index contributed by atoms with van der Waals surface area (Å²) in [5.41, 5.74) is 0.547. The van der Waals surface area contributed by atoms with Crippen molar-refractivity contribution in [1.29, 1.82) is 0 Å². The van der Waals surface area contributed by atoms with Crippen molar-refractivity contribution in [3.63, 3.8) is 0 Å². The fourth-order valence-corrected chi connectivity index (χ4v) is 2.60. The van der Waals surface area contributed by atoms with Crippen LogP contribution in [0.1, 0.15) is 17.3 Å². The zero-order chi connectivity index (χ0) is 18.7. The summed E-state index contributed by atoms with van der Waals surface area (Å²) in [5, 5.41) is 14.8. The van der Waals surface area contributed by atoms with Crippen LogP contribution in [-0.4, -0.2) is 23.1 Å². The number of nitrogens with one attached hydrogen (secondary N) is 1. The fraction of sp³-hybridized carbons (Fsp3) is 0.100. The van der Waals surface area contributed by atoms with Gasteiger partial charge in [0.25, 0.3) is 5.91 Å². The zero-order valence-corrected chi connectivity index (χ0v) is 14.7. The predicted octanol–water partition coefficient (Wildman–Crippen LogP) is 4.38. The van der Waals surface area contributed by atoms with E-state index in [1.54, 1.807) is 42.5 Å². The lowest BCUT2D eigenvalue weighted by Crippen LogP contribution is -2.30. The number of hydrogen-bond donors (Lipinski definition) is 2. The fourth-order valence-electron chi connectivity index (χ4n) is 2.47. The van der Waals surface area contributed by atoms with Gasteiger partial charge in [0.15, 0.2) is 6.10 Å². The predicted molar refractivity (Wildman–Crippen MR) is 101 cm³/mol. The van der Waals surface area contributed by atoms with Gasteiger partial charge < -0.3 is 15.2 Å². The summed E-state index contributed by atoms with van der Waals surface area (Å²) in [4.78, 5) is 24.5. The molecule has 0 saturated carbocycles. The minimum atomic E-state index is -1.04. The van der Waals surface area contributed by atoms with Crippen LogP contribution in [0.25, 0.3) is 10.8 Å². The molecule has 0 unspecified atom stereocenters. The molecule has 0 fully saturated rings. The SMILES string of the molecule is C[C@@H](OC(=O)c1ccc2ccccc2c1O)C(=O)Nc1ccc(Cl)cc1. The number of ether oxygens (including phenoxy) is 1. The highest BCUT2D eigenvalue weighted by atomic mass is 35.5. The third kappa shape index (κ3) is 3.78. The van der Waals surface area contributed by atoms with E-state index < -0.39 is 18.0 Å². The summed E-state index contributed by atoms with van der Waals surface area (Å²) in [6, 6.07) is 16.9. The Labute approximate surface area is 155 Å². The molecular weight excluding hydrogens is 354 g/mol. The van der Waals surface area contributed by atoms with Crippen LogP contribution in [-0.2, 0) is 9.53 Å². The lowest BCUT2D eigenvalue weighted by atomic mass is 10.1. The number of hydrogen-bond acceptors (Lipinski definition) is 4. The molecule has 1 atom stereocenters. The molecule has 0 radical (unpaired) electrons. The molecule has 0 aliphatic carbocycles. The molecule has 0 spiro atoms. The van der Waals surface area contributed by atoms with E-state index in [-0.39, 0.29) is 11.3 Å². The molecule has 3 aromatic carbocycles. The lowest BCUT2D eigenvalue weighted by Gasteiger charge is -2.14. The number of amides is 1. The first kappa shape index (κ1) is 17.8. The molecule has 2 N–H and O–H groups in total. The summed E-state index contributed by atoms with van der Waals surface area (Å²) in [6.45, 7) is 1.46. The maximum atomic E-state index is 12.3. The average Bonchev–Trinajstić information content (AvgIpc) is 2.64. The van der Waals surface area contributed by atoms with E-state index in [1.807, 2.05) is 12.1 Å². The number of carbonyl (C=O) groups is 2. The van der Waals surface area contributed by atoms with E-state index >= 15 is 0 Å². The van der Waals surface area contributed by atoms with Crippen LogP contribution in [0.3, 0.4) is 0 Å². The Bertz CT molecular complexity index is 969. The monoisotopic (exact) mass is 369 g/mol. The molecule has 3 aromatic rings. The van der Waals surface area contributed by atoms with Crippen LogP contribution >= 0.6 is 11.6 Å². The molecule has 1 amide bonds. The van der Waals surface area contributed by atoms with Gasteiger partial charge in [0, 0.05) is 16.1 Å². The number of esters is 1. The number of halogens is 1. The Morgan fingerprint density at radius 1 is 1.04 bits per heavy atom. The first-order chi connectivity index (χ1) is 12.5. The Morgan fingerprint density at radius 3 is 2.46 bits per heavy atom. The number of fused-ring (bicyclic) bond motifs is 1. The summed E-state index contributed by atoms with van der Waals surface area (Å²) < 4.78 is 5.19. The molecule has 0 saturated heterocycles. The molecule has 3 rings (SSSR count). The maximum absolute atomic E-state index is 12.3. The van der Waals surface area contributed by atoms with Gasteiger partial charge in [0.05, 0.1) is 0 Å². The van der Waals surface area contributed by atoms with Crippen LogP contribution in [0.2, 0.25) is 5.02 Å². The van der Waals surface area contributed by atoms with Gasteiger partial charge in [-0.3, -0.25) is 4.79 Å². The van der Waals surface area contributed by atoms with Crippen LogP contribution < -0.4 is 5.32 Å². The van der Waals surface area contributed by atoms with Crippen molar-refractivity contribution < 1.29 is 19.4 Å². The molecular formula is C20H16ClNO4. The van der Waals surface area contributed by atoms with E-state index in [0.29, 0.717) is 16.1 Å². The third-order valence-corrected chi connectivity index (χ3v) is 4.14. The van der Waals surface area contributed by atoms with E-state index in [1.165, 1.54) is 13.0 Å². The minimum absolute atomic E-state index is 0.00911. The van der Waals surface area contributed by atoms with E-state index in [4.69, 9.17) is 16.3 Å². The van der Waals surface area contributed by atoms with Crippen molar-refractivity contribution in [3.8, 4) is 5.75 Å². The lowest BCUT2D eigenvalue weighted by molar-refractivity contribution is -0.123. The number of benzene rings is 3. The number of anilines is 1. The zero-order valence-electron chi connectivity index (χ0n) is 13.9. The second-order valence-corrected chi connectivity index (χ2v) is 6.16. The Hall–Kier alpha value is -3.05. The smallest absolute Gasteiger partial charge is 0.342 e. The van der Waals surface area contributed by atoms with Gasteiger partial charge in [0.1, 0.15) is 11.3 Å². The molecule has 0 aliphatic rings. The highest BCUT2D eigenvalue weighted by molar-refractivity contribution is 6.30. The van der Waals surface area contributed by atoms with Crippen molar-refractivity contribution in [1.82, 2.24) is 0 Å². The van der Waals surface area contributed by atoms with Gasteiger partial charge in [-0.1, -0.05) is 41.9 Å². The van der Waals surface area contributed by atoms with Gasteiger partial charge in [-0.05, 0) is 42.6 Å². The van der Waals surface area contributed by atoms with E-state index in [0.717, 1.165) is 5.39 Å². The maximum Gasteiger partial charge on any atom is 0.342 e. The molecule has 26 heavy (non-hydrogen) atoms. The minimum Gasteiger partial charge on any atom is -0.506 e. The summed E-state index contributed by atoms with van der Waals surface area (Å²) in [5.74, 6) is -1.42. The van der Waals surface area contributed by atoms with Crippen LogP contribution in [0.4, 0.5) is 5.69 Å². The number of phenolic OH excluding ortho intramolecular Hbond substituents is 1. The number of carbonyl (C=O) groups excluding carboxylic acids is 2. The summed E-state index contributed by atoms with van der Waals surface area (Å²) in [6.07, 6.45) is -1.04. The standard InChI is InChI=1S/C20H16ClNO4/c1-12(19(24)22-15-9-7-14(21)8-10-15)26-20(25)17-11-6-13-4-2-3-5-16(13)18(17)23/h2-12,23H,1H3,(H,22,24)/t12-/m1/s1. The van der Waals surface area contributed by atoms with Gasteiger partial charge in [-0.25, -0.2) is 4.79 Å². The molecule has 0 heterocycles. The Kier molecular flexibility index (Phi) is 5.09. The molecule has 0 aliphatic heterocycles. The van der Waals surface area contributed by atoms with Crippen molar-refractivity contribution >= 4 is 39.9 Å². The number of rotatable bonds is 4. The molecule has 5 nitrogen and oxygen atoms in total. The van der Waals surface area contributed by atoms with Gasteiger partial charge in [0.2, 0.25) is 0 Å². The average molecular weight is 370 g/mol. The Balaban J connectivity index is 1.71. The van der Waals surface area contributed by atoms with Gasteiger partial charge >= 0.3 is 5.97 Å². The molecule has 132 valence electrons. The van der Waals surface area contributed by atoms with E-state index in [9.17, 15) is 14.7 Å². The van der Waals surface area contributed by atoms with Crippen LogP contribution in [0.5, 0.6) is 5.75 Å². The normalized spacial score (nSPS) is 11.8. The van der Waals surface area contributed by atoms with Crippen molar-refractivity contribution in [2.24, 2.45) is 0 Å². The van der Waals surface area contributed by atoms with Gasteiger partial charge in [-0.2, -0.15) is 0 Å². The van der Waals surface area contributed by atoms with Crippen molar-refractivity contribution in [2.75, 3.05) is 5.32 Å². The topological polar surface area (TPSA) is 75.6 Å². The van der Waals surface area contributed by atoms with Crippen LogP contribution in [0.15, 0.2) is 60.7 Å². The van der Waals surface area contributed by atoms with Crippen LogP contribution in [0, 0.1) is 0 Å². The largest absolute Gasteiger partial charge is 0.506 e. The van der Waals surface area contributed by atoms with Crippen molar-refractivity contribution in [2.45, 2.75) is 13.0 Å². The second kappa shape index (κ2) is 7.45. The van der Waals surface area contributed by atoms with E-state index in [2.05, 4.69) is 5.32 Å². The van der Waals surface area contributed by atoms with Gasteiger partial charge in [-0.15, -0.1) is 0 Å². The first-order valence-electron chi connectivity index (χ1n) is 7.94. The number of phenols is 1. The number of aromatic hydroxyl groups is 1. The first-order valence-corrected chi connectivity index (χ1v) is 8.31. The highest BCUT2D eigenvalue weighted by Crippen LogP contribution is 2.29. The summed E-state index contributed by atoms with van der Waals surface area (Å²) >= 11 is 5.80. The quantitative estimate of drug-likeness (QED) is 0.669. The second-order valence-electron chi connectivity index (χ2n) is 5.73.